The van der Waals surface area contributed by atoms with Gasteiger partial charge in [-0.25, -0.2) is 0 Å². The number of benzene rings is 1. The van der Waals surface area contributed by atoms with Crippen molar-refractivity contribution >= 4 is 59.0 Å². The van der Waals surface area contributed by atoms with Crippen molar-refractivity contribution in [2.24, 2.45) is 4.99 Å². The Bertz CT molecular complexity index is 1020. The van der Waals surface area contributed by atoms with Gasteiger partial charge in [-0.2, -0.15) is 0 Å². The van der Waals surface area contributed by atoms with Crippen molar-refractivity contribution in [1.29, 1.82) is 0 Å². The Morgan fingerprint density at radius 2 is 2.15 bits per heavy atom. The number of fused-ring (bicyclic) bond motifs is 1. The summed E-state index contributed by atoms with van der Waals surface area (Å²) in [4.78, 5) is 27.5. The summed E-state index contributed by atoms with van der Waals surface area (Å²) in [6.07, 6.45) is 3.56. The molecule has 1 atom stereocenters. The van der Waals surface area contributed by atoms with Gasteiger partial charge in [0, 0.05) is 30.3 Å². The lowest BCUT2D eigenvalue weighted by molar-refractivity contribution is -0.141. The third-order valence-electron chi connectivity index (χ3n) is 4.05. The number of carbonyl (C=O) groups excluding carboxylic acids is 1. The molecule has 1 aromatic carbocycles. The number of carbonyl (C=O) groups is 2. The molecule has 0 spiro atoms. The predicted octanol–water partition coefficient (Wildman–Crippen LogP) is 3.22. The molecule has 1 aromatic heterocycles. The topological polar surface area (TPSA) is 104 Å². The lowest BCUT2D eigenvalue weighted by atomic mass is 10.1. The van der Waals surface area contributed by atoms with E-state index in [1.165, 1.54) is 22.8 Å². The maximum absolute atomic E-state index is 11.8. The van der Waals surface area contributed by atoms with Gasteiger partial charge in [0.05, 0.1) is 10.6 Å². The van der Waals surface area contributed by atoms with Crippen LogP contribution in [0.25, 0.3) is 11.6 Å². The first-order valence-corrected chi connectivity index (χ1v) is 9.39. The molecule has 2 heterocycles. The highest BCUT2D eigenvalue weighted by molar-refractivity contribution is 7.73. The lowest BCUT2D eigenvalue weighted by Crippen LogP contribution is -2.38. The zero-order valence-corrected chi connectivity index (χ0v) is 16.0. The third kappa shape index (κ3) is 4.15. The monoisotopic (exact) mass is 403 g/mol. The molecular weight excluding hydrogens is 386 g/mol. The fraction of sp³-hybridized carbons (Fsp3) is 0.222. The second kappa shape index (κ2) is 7.85. The maximum atomic E-state index is 11.8. The van der Waals surface area contributed by atoms with Crippen LogP contribution in [0.1, 0.15) is 23.8 Å². The van der Waals surface area contributed by atoms with E-state index in [1.54, 1.807) is 6.21 Å². The number of thiazole rings is 1. The Morgan fingerprint density at radius 3 is 2.89 bits per heavy atom. The van der Waals surface area contributed by atoms with Gasteiger partial charge in [0.25, 0.3) is 0 Å². The highest BCUT2D eigenvalue weighted by Gasteiger charge is 2.17. The standard InChI is InChI=1S/C18H17N3O4S2/c1-10(17(24)25)20-15(22)6-7-21-16(23)14(27-18(21)26)8-11-9-19-13-5-3-2-4-12(11)13/h2-5,8-10,23H,6-7H2,1H3,(H,20,22)(H,24,25)/b11-8+. The van der Waals surface area contributed by atoms with Crippen LogP contribution in [0.2, 0.25) is 0 Å². The molecule has 0 fully saturated rings. The van der Waals surface area contributed by atoms with Crippen molar-refractivity contribution < 1.29 is 19.8 Å². The minimum Gasteiger partial charge on any atom is -0.493 e. The summed E-state index contributed by atoms with van der Waals surface area (Å²) >= 11 is 6.53. The molecule has 27 heavy (non-hydrogen) atoms. The minimum atomic E-state index is -1.11. The summed E-state index contributed by atoms with van der Waals surface area (Å²) in [6, 6.07) is 6.73. The third-order valence-corrected chi connectivity index (χ3v) is 5.43. The van der Waals surface area contributed by atoms with Gasteiger partial charge in [0.2, 0.25) is 11.8 Å². The van der Waals surface area contributed by atoms with Gasteiger partial charge in [-0.3, -0.25) is 19.1 Å². The molecule has 1 aliphatic heterocycles. The molecule has 0 radical (unpaired) electrons. The Labute approximate surface area is 164 Å². The number of aliphatic imine (C=N–C) groups is 1. The van der Waals surface area contributed by atoms with Gasteiger partial charge in [-0.05, 0) is 31.3 Å². The van der Waals surface area contributed by atoms with Gasteiger partial charge in [0.15, 0.2) is 3.95 Å². The van der Waals surface area contributed by atoms with Crippen molar-refractivity contribution in [2.75, 3.05) is 0 Å². The molecule has 3 rings (SSSR count). The molecule has 9 heteroatoms. The fourth-order valence-electron chi connectivity index (χ4n) is 2.59. The van der Waals surface area contributed by atoms with E-state index in [4.69, 9.17) is 17.3 Å². The van der Waals surface area contributed by atoms with Crippen LogP contribution < -0.4 is 5.32 Å². The van der Waals surface area contributed by atoms with Crippen LogP contribution in [0.15, 0.2) is 29.3 Å². The Morgan fingerprint density at radius 1 is 1.41 bits per heavy atom. The summed E-state index contributed by atoms with van der Waals surface area (Å²) in [5, 5.41) is 21.7. The number of hydrogen-bond donors (Lipinski definition) is 3. The molecule has 140 valence electrons. The average Bonchev–Trinajstić information content (AvgIpc) is 3.15. The van der Waals surface area contributed by atoms with Crippen LogP contribution >= 0.6 is 23.6 Å². The Balaban J connectivity index is 1.76. The first-order valence-electron chi connectivity index (χ1n) is 8.16. The van der Waals surface area contributed by atoms with Gasteiger partial charge < -0.3 is 15.5 Å². The maximum Gasteiger partial charge on any atom is 0.325 e. The van der Waals surface area contributed by atoms with Gasteiger partial charge in [0.1, 0.15) is 6.04 Å². The van der Waals surface area contributed by atoms with Gasteiger partial charge in [-0.1, -0.05) is 18.2 Å². The molecule has 0 bridgehead atoms. The first kappa shape index (κ1) is 19.0. The second-order valence-corrected chi connectivity index (χ2v) is 7.64. The number of carboxylic acid groups (broad SMARTS) is 1. The zero-order valence-electron chi connectivity index (χ0n) is 14.4. The Kier molecular flexibility index (Phi) is 5.52. The molecule has 1 unspecified atom stereocenters. The number of hydrogen-bond acceptors (Lipinski definition) is 6. The summed E-state index contributed by atoms with van der Waals surface area (Å²) in [6.45, 7) is 1.55. The van der Waals surface area contributed by atoms with E-state index in [9.17, 15) is 14.7 Å². The number of aliphatic carboxylic acids is 1. The molecule has 1 aliphatic rings. The van der Waals surface area contributed by atoms with Gasteiger partial charge in [-0.15, -0.1) is 11.3 Å². The normalized spacial score (nSPS) is 14.9. The average molecular weight is 403 g/mol. The lowest BCUT2D eigenvalue weighted by Gasteiger charge is -2.09. The Hall–Kier alpha value is -2.78. The highest BCUT2D eigenvalue weighted by Crippen LogP contribution is 2.35. The van der Waals surface area contributed by atoms with Crippen LogP contribution in [-0.2, 0) is 16.1 Å². The van der Waals surface area contributed by atoms with Crippen LogP contribution in [-0.4, -0.2) is 38.9 Å². The number of amides is 1. The summed E-state index contributed by atoms with van der Waals surface area (Å²) in [7, 11) is 0. The van der Waals surface area contributed by atoms with Crippen molar-refractivity contribution in [1.82, 2.24) is 9.88 Å². The summed E-state index contributed by atoms with van der Waals surface area (Å²) in [5.74, 6) is -1.55. The van der Waals surface area contributed by atoms with Crippen LogP contribution in [0.3, 0.4) is 0 Å². The SMILES string of the molecule is CC(NC(=O)CCn1c(O)c(/C=C2\C=Nc3ccccc32)sc1=S)C(=O)O. The summed E-state index contributed by atoms with van der Waals surface area (Å²) in [5.41, 5.74) is 2.72. The van der Waals surface area contributed by atoms with Crippen molar-refractivity contribution in [3.8, 4) is 5.88 Å². The minimum absolute atomic E-state index is 0.0104. The number of para-hydroxylation sites is 1. The predicted molar refractivity (Wildman–Crippen MR) is 107 cm³/mol. The van der Waals surface area contributed by atoms with Crippen LogP contribution in [0, 0.1) is 3.95 Å². The molecule has 1 amide bonds. The van der Waals surface area contributed by atoms with Gasteiger partial charge >= 0.3 is 5.97 Å². The number of carboxylic acids is 1. The highest BCUT2D eigenvalue weighted by atomic mass is 32.1. The van der Waals surface area contributed by atoms with E-state index < -0.39 is 17.9 Å². The van der Waals surface area contributed by atoms with Crippen molar-refractivity contribution in [3.63, 3.8) is 0 Å². The molecule has 3 N–H and O–H groups in total. The van der Waals surface area contributed by atoms with Crippen LogP contribution in [0.5, 0.6) is 5.88 Å². The van der Waals surface area contributed by atoms with E-state index >= 15 is 0 Å². The molecule has 0 saturated heterocycles. The smallest absolute Gasteiger partial charge is 0.325 e. The number of allylic oxidation sites excluding steroid dienone is 1. The van der Waals surface area contributed by atoms with E-state index in [2.05, 4.69) is 10.3 Å². The molecule has 0 saturated carbocycles. The first-order chi connectivity index (χ1) is 12.9. The van der Waals surface area contributed by atoms with E-state index in [0.29, 0.717) is 8.83 Å². The quantitative estimate of drug-likeness (QED) is 0.643. The van der Waals surface area contributed by atoms with Crippen LogP contribution in [0.4, 0.5) is 5.69 Å². The number of nitrogens with zero attached hydrogens (tertiary/aromatic N) is 2. The molecule has 7 nitrogen and oxygen atoms in total. The molecule has 0 aliphatic carbocycles. The van der Waals surface area contributed by atoms with E-state index in [-0.39, 0.29) is 18.8 Å². The number of rotatable bonds is 6. The largest absolute Gasteiger partial charge is 0.493 e. The van der Waals surface area contributed by atoms with E-state index in [1.807, 2.05) is 30.3 Å². The number of nitrogens with one attached hydrogen (secondary N) is 1. The molecular formula is C18H17N3O4S2. The zero-order chi connectivity index (χ0) is 19.6. The second-order valence-electron chi connectivity index (χ2n) is 5.96. The number of aromatic hydroxyl groups is 1. The molecule has 2 aromatic rings. The van der Waals surface area contributed by atoms with E-state index in [0.717, 1.165) is 16.8 Å². The summed E-state index contributed by atoms with van der Waals surface area (Å²) < 4.78 is 1.90. The van der Waals surface area contributed by atoms with Crippen molar-refractivity contribution in [2.45, 2.75) is 25.9 Å². The number of aromatic nitrogens is 1. The van der Waals surface area contributed by atoms with Crippen molar-refractivity contribution in [3.05, 3.63) is 38.7 Å². The fourth-order valence-corrected chi connectivity index (χ4v) is 3.90.